The van der Waals surface area contributed by atoms with Crippen LogP contribution < -0.4 is 5.56 Å². The topological polar surface area (TPSA) is 38.1 Å². The number of fused-ring (bicyclic) bond motifs is 1. The van der Waals surface area contributed by atoms with Crippen molar-refractivity contribution in [2.24, 2.45) is 0 Å². The lowest BCUT2D eigenvalue weighted by atomic mass is 10.1. The SMILES string of the molecule is CCN(CC)CCn1c(C)nc2scc(-c3ccc(F)cc3)c2c1=O. The number of rotatable bonds is 6. The van der Waals surface area contributed by atoms with Crippen molar-refractivity contribution in [2.75, 3.05) is 19.6 Å². The molecule has 0 radical (unpaired) electrons. The van der Waals surface area contributed by atoms with Crippen LogP contribution in [0.2, 0.25) is 0 Å². The average Bonchev–Trinajstić information content (AvgIpc) is 3.02. The normalized spacial score (nSPS) is 11.6. The van der Waals surface area contributed by atoms with Gasteiger partial charge in [-0.2, -0.15) is 0 Å². The average molecular weight is 359 g/mol. The van der Waals surface area contributed by atoms with Crippen LogP contribution in [0.3, 0.4) is 0 Å². The summed E-state index contributed by atoms with van der Waals surface area (Å²) in [5.74, 6) is 0.450. The van der Waals surface area contributed by atoms with E-state index in [1.54, 1.807) is 16.7 Å². The molecule has 0 atom stereocenters. The number of benzene rings is 1. The molecule has 2 heterocycles. The lowest BCUT2D eigenvalue weighted by molar-refractivity contribution is 0.288. The molecule has 0 aliphatic carbocycles. The third-order valence-corrected chi connectivity index (χ3v) is 5.45. The van der Waals surface area contributed by atoms with Gasteiger partial charge in [-0.25, -0.2) is 9.37 Å². The molecule has 3 aromatic rings. The number of nitrogens with zero attached hydrogens (tertiary/aromatic N) is 3. The Balaban J connectivity index is 2.06. The van der Waals surface area contributed by atoms with Gasteiger partial charge in [0.15, 0.2) is 0 Å². The highest BCUT2D eigenvalue weighted by molar-refractivity contribution is 7.17. The molecule has 0 saturated carbocycles. The minimum Gasteiger partial charge on any atom is -0.302 e. The van der Waals surface area contributed by atoms with E-state index in [-0.39, 0.29) is 11.4 Å². The van der Waals surface area contributed by atoms with Crippen LogP contribution in [0.15, 0.2) is 34.4 Å². The number of hydrogen-bond acceptors (Lipinski definition) is 4. The second-order valence-electron chi connectivity index (χ2n) is 5.98. The standard InChI is InChI=1S/C19H22FN3OS/c1-4-22(5-2)10-11-23-13(3)21-18-17(19(23)24)16(12-25-18)14-6-8-15(20)9-7-14/h6-9,12H,4-5,10-11H2,1-3H3. The fourth-order valence-corrected chi connectivity index (χ4v) is 4.00. The third-order valence-electron chi connectivity index (χ3n) is 4.57. The first-order valence-electron chi connectivity index (χ1n) is 8.52. The zero-order chi connectivity index (χ0) is 18.0. The molecule has 25 heavy (non-hydrogen) atoms. The van der Waals surface area contributed by atoms with Gasteiger partial charge in [0.25, 0.3) is 5.56 Å². The molecule has 4 nitrogen and oxygen atoms in total. The molecule has 6 heteroatoms. The molecular weight excluding hydrogens is 337 g/mol. The molecule has 0 N–H and O–H groups in total. The van der Waals surface area contributed by atoms with Crippen molar-refractivity contribution < 1.29 is 4.39 Å². The van der Waals surface area contributed by atoms with Crippen LogP contribution in [0.4, 0.5) is 4.39 Å². The van der Waals surface area contributed by atoms with Gasteiger partial charge in [-0.15, -0.1) is 11.3 Å². The number of aryl methyl sites for hydroxylation is 1. The summed E-state index contributed by atoms with van der Waals surface area (Å²) in [5, 5.41) is 2.56. The fraction of sp³-hybridized carbons (Fsp3) is 0.368. The predicted molar refractivity (Wildman–Crippen MR) is 102 cm³/mol. The van der Waals surface area contributed by atoms with Crippen molar-refractivity contribution in [3.8, 4) is 11.1 Å². The Hall–Kier alpha value is -2.05. The van der Waals surface area contributed by atoms with E-state index in [9.17, 15) is 9.18 Å². The zero-order valence-corrected chi connectivity index (χ0v) is 15.6. The first kappa shape index (κ1) is 17.8. The smallest absolute Gasteiger partial charge is 0.262 e. The highest BCUT2D eigenvalue weighted by Crippen LogP contribution is 2.31. The van der Waals surface area contributed by atoms with Crippen molar-refractivity contribution >= 4 is 21.6 Å². The summed E-state index contributed by atoms with van der Waals surface area (Å²) >= 11 is 1.45. The van der Waals surface area contributed by atoms with E-state index in [1.165, 1.54) is 23.5 Å². The van der Waals surface area contributed by atoms with E-state index in [2.05, 4.69) is 23.7 Å². The number of likely N-dealkylation sites (N-methyl/N-ethyl adjacent to an activating group) is 1. The minimum atomic E-state index is -0.283. The molecule has 132 valence electrons. The van der Waals surface area contributed by atoms with Gasteiger partial charge in [-0.1, -0.05) is 26.0 Å². The highest BCUT2D eigenvalue weighted by Gasteiger charge is 2.15. The fourth-order valence-electron chi connectivity index (χ4n) is 3.01. The molecule has 0 aliphatic rings. The molecule has 0 saturated heterocycles. The van der Waals surface area contributed by atoms with Crippen molar-refractivity contribution in [3.63, 3.8) is 0 Å². The quantitative estimate of drug-likeness (QED) is 0.670. The summed E-state index contributed by atoms with van der Waals surface area (Å²) in [5.41, 5.74) is 1.65. The highest BCUT2D eigenvalue weighted by atomic mass is 32.1. The predicted octanol–water partition coefficient (Wildman–Crippen LogP) is 3.91. The molecule has 0 amide bonds. The first-order chi connectivity index (χ1) is 12.0. The van der Waals surface area contributed by atoms with Crippen LogP contribution in [0.1, 0.15) is 19.7 Å². The number of hydrogen-bond donors (Lipinski definition) is 0. The zero-order valence-electron chi connectivity index (χ0n) is 14.8. The van der Waals surface area contributed by atoms with E-state index in [4.69, 9.17) is 0 Å². The van der Waals surface area contributed by atoms with Crippen LogP contribution in [0.25, 0.3) is 21.3 Å². The largest absolute Gasteiger partial charge is 0.302 e. The minimum absolute atomic E-state index is 0.0183. The lowest BCUT2D eigenvalue weighted by Gasteiger charge is -2.19. The molecule has 0 bridgehead atoms. The molecule has 0 spiro atoms. The molecule has 0 fully saturated rings. The third kappa shape index (κ3) is 3.50. The molecule has 0 aliphatic heterocycles. The maximum absolute atomic E-state index is 13.2. The second-order valence-corrected chi connectivity index (χ2v) is 6.84. The number of halogens is 1. The van der Waals surface area contributed by atoms with Gasteiger partial charge < -0.3 is 4.90 Å². The molecule has 3 rings (SSSR count). The van der Waals surface area contributed by atoms with Gasteiger partial charge >= 0.3 is 0 Å². The Morgan fingerprint density at radius 2 is 1.88 bits per heavy atom. The number of aromatic nitrogens is 2. The van der Waals surface area contributed by atoms with E-state index in [1.807, 2.05) is 12.3 Å². The van der Waals surface area contributed by atoms with E-state index in [0.29, 0.717) is 11.9 Å². The van der Waals surface area contributed by atoms with E-state index >= 15 is 0 Å². The van der Waals surface area contributed by atoms with Crippen molar-refractivity contribution in [1.82, 2.24) is 14.5 Å². The first-order valence-corrected chi connectivity index (χ1v) is 9.40. The summed E-state index contributed by atoms with van der Waals surface area (Å²) in [6.45, 7) is 9.46. The Kier molecular flexibility index (Phi) is 5.30. The van der Waals surface area contributed by atoms with Gasteiger partial charge in [0, 0.05) is 24.0 Å². The van der Waals surface area contributed by atoms with Gasteiger partial charge in [-0.3, -0.25) is 9.36 Å². The van der Waals surface area contributed by atoms with Crippen LogP contribution in [-0.2, 0) is 6.54 Å². The molecule has 0 unspecified atom stereocenters. The summed E-state index contributed by atoms with van der Waals surface area (Å²) in [7, 11) is 0. The summed E-state index contributed by atoms with van der Waals surface area (Å²) < 4.78 is 15.0. The molecule has 2 aromatic heterocycles. The second kappa shape index (κ2) is 7.45. The van der Waals surface area contributed by atoms with Crippen LogP contribution >= 0.6 is 11.3 Å². The van der Waals surface area contributed by atoms with E-state index in [0.717, 1.165) is 41.4 Å². The maximum Gasteiger partial charge on any atom is 0.262 e. The Morgan fingerprint density at radius 1 is 1.20 bits per heavy atom. The van der Waals surface area contributed by atoms with Crippen molar-refractivity contribution in [2.45, 2.75) is 27.3 Å². The maximum atomic E-state index is 13.2. The summed E-state index contributed by atoms with van der Waals surface area (Å²) in [6, 6.07) is 6.24. The van der Waals surface area contributed by atoms with Crippen LogP contribution in [0, 0.1) is 12.7 Å². The van der Waals surface area contributed by atoms with Crippen molar-refractivity contribution in [3.05, 3.63) is 51.6 Å². The number of thiophene rings is 1. The lowest BCUT2D eigenvalue weighted by Crippen LogP contribution is -2.32. The van der Waals surface area contributed by atoms with Gasteiger partial charge in [0.05, 0.1) is 5.39 Å². The molecular formula is C19H22FN3OS. The van der Waals surface area contributed by atoms with Crippen LogP contribution in [-0.4, -0.2) is 34.1 Å². The summed E-state index contributed by atoms with van der Waals surface area (Å²) in [4.78, 5) is 20.7. The Morgan fingerprint density at radius 3 is 2.52 bits per heavy atom. The van der Waals surface area contributed by atoms with Gasteiger partial charge in [0.1, 0.15) is 16.5 Å². The van der Waals surface area contributed by atoms with Gasteiger partial charge in [-0.05, 0) is 37.7 Å². The Labute approximate surface area is 150 Å². The van der Waals surface area contributed by atoms with Crippen LogP contribution in [0.5, 0.6) is 0 Å². The van der Waals surface area contributed by atoms with Gasteiger partial charge in [0.2, 0.25) is 0 Å². The summed E-state index contributed by atoms with van der Waals surface area (Å²) in [6.07, 6.45) is 0. The van der Waals surface area contributed by atoms with E-state index < -0.39 is 0 Å². The molecule has 1 aromatic carbocycles. The van der Waals surface area contributed by atoms with Crippen molar-refractivity contribution in [1.29, 1.82) is 0 Å². The Bertz CT molecular complexity index is 926. The monoisotopic (exact) mass is 359 g/mol.